The van der Waals surface area contributed by atoms with Crippen molar-refractivity contribution in [3.05, 3.63) is 5.28 Å². The Kier molecular flexibility index (Phi) is 3.43. The van der Waals surface area contributed by atoms with Gasteiger partial charge in [-0.05, 0) is 30.9 Å². The van der Waals surface area contributed by atoms with E-state index in [1.54, 1.807) is 7.05 Å². The Labute approximate surface area is 100 Å². The third-order valence-corrected chi connectivity index (χ3v) is 2.70. The van der Waals surface area contributed by atoms with Gasteiger partial charge in [0.1, 0.15) is 0 Å². The van der Waals surface area contributed by atoms with Gasteiger partial charge in [0.2, 0.25) is 17.2 Å². The molecule has 0 saturated heterocycles. The van der Waals surface area contributed by atoms with Crippen LogP contribution in [-0.4, -0.2) is 34.6 Å². The van der Waals surface area contributed by atoms with Crippen molar-refractivity contribution < 1.29 is 0 Å². The fraction of sp³-hybridized carbons (Fsp3) is 0.700. The molecule has 1 aliphatic carbocycles. The summed E-state index contributed by atoms with van der Waals surface area (Å²) in [6.07, 6.45) is 3.52. The summed E-state index contributed by atoms with van der Waals surface area (Å²) in [5.74, 6) is 1.21. The molecule has 88 valence electrons. The summed E-state index contributed by atoms with van der Waals surface area (Å²) in [7, 11) is 1.77. The molecule has 1 fully saturated rings. The smallest absolute Gasteiger partial charge is 0.231 e. The number of nitrogens with zero attached hydrogens (tertiary/aromatic N) is 4. The standard InChI is InChI=1S/C10H16ClN5/c1-3-6-16(7-4-5-7)10-14-8(11)13-9(12-2)15-10/h7H,3-6H2,1-2H3,(H,12,13,14,15). The predicted octanol–water partition coefficient (Wildman–Crippen LogP) is 1.95. The van der Waals surface area contributed by atoms with Crippen molar-refractivity contribution in [3.8, 4) is 0 Å². The molecule has 1 aliphatic rings. The number of nitrogens with one attached hydrogen (secondary N) is 1. The maximum atomic E-state index is 5.87. The molecule has 1 N–H and O–H groups in total. The molecular weight excluding hydrogens is 226 g/mol. The molecule has 0 bridgehead atoms. The van der Waals surface area contributed by atoms with Crippen molar-refractivity contribution in [2.45, 2.75) is 32.2 Å². The molecule has 6 heteroatoms. The number of hydrogen-bond acceptors (Lipinski definition) is 5. The summed E-state index contributed by atoms with van der Waals surface area (Å²) in [4.78, 5) is 14.7. The van der Waals surface area contributed by atoms with E-state index in [4.69, 9.17) is 11.6 Å². The molecule has 0 amide bonds. The molecule has 5 nitrogen and oxygen atoms in total. The third-order valence-electron chi connectivity index (χ3n) is 2.53. The van der Waals surface area contributed by atoms with Crippen molar-refractivity contribution in [1.29, 1.82) is 0 Å². The SMILES string of the molecule is CCCN(c1nc(Cl)nc(NC)n1)C1CC1. The molecule has 0 radical (unpaired) electrons. The summed E-state index contributed by atoms with van der Waals surface area (Å²) in [5.41, 5.74) is 0. The Bertz CT molecular complexity index is 366. The van der Waals surface area contributed by atoms with Gasteiger partial charge in [0, 0.05) is 19.6 Å². The van der Waals surface area contributed by atoms with E-state index in [1.807, 2.05) is 0 Å². The lowest BCUT2D eigenvalue weighted by Gasteiger charge is -2.21. The summed E-state index contributed by atoms with van der Waals surface area (Å²) in [5, 5.41) is 3.14. The van der Waals surface area contributed by atoms with Crippen molar-refractivity contribution >= 4 is 23.5 Å². The maximum absolute atomic E-state index is 5.87. The summed E-state index contributed by atoms with van der Waals surface area (Å²) in [6, 6.07) is 0.586. The van der Waals surface area contributed by atoms with Gasteiger partial charge in [-0.3, -0.25) is 0 Å². The number of anilines is 2. The molecule has 0 unspecified atom stereocenters. The van der Waals surface area contributed by atoms with Gasteiger partial charge < -0.3 is 10.2 Å². The highest BCUT2D eigenvalue weighted by atomic mass is 35.5. The highest BCUT2D eigenvalue weighted by molar-refractivity contribution is 6.28. The maximum Gasteiger partial charge on any atom is 0.231 e. The van der Waals surface area contributed by atoms with Crippen LogP contribution >= 0.6 is 11.6 Å². The fourth-order valence-corrected chi connectivity index (χ4v) is 1.81. The molecule has 1 heterocycles. The van der Waals surface area contributed by atoms with Gasteiger partial charge in [-0.1, -0.05) is 6.92 Å². The number of halogens is 1. The van der Waals surface area contributed by atoms with E-state index in [0.29, 0.717) is 17.9 Å². The van der Waals surface area contributed by atoms with E-state index in [9.17, 15) is 0 Å². The second-order valence-electron chi connectivity index (χ2n) is 3.90. The molecule has 1 saturated carbocycles. The van der Waals surface area contributed by atoms with Gasteiger partial charge in [0.25, 0.3) is 0 Å². The minimum atomic E-state index is 0.246. The van der Waals surface area contributed by atoms with Crippen LogP contribution in [0, 0.1) is 0 Å². The zero-order chi connectivity index (χ0) is 11.5. The topological polar surface area (TPSA) is 53.9 Å². The first-order chi connectivity index (χ1) is 7.74. The Morgan fingerprint density at radius 3 is 2.69 bits per heavy atom. The Morgan fingerprint density at radius 1 is 1.38 bits per heavy atom. The second kappa shape index (κ2) is 4.82. The van der Waals surface area contributed by atoms with Gasteiger partial charge in [0.05, 0.1) is 0 Å². The molecule has 16 heavy (non-hydrogen) atoms. The molecule has 0 aliphatic heterocycles. The van der Waals surface area contributed by atoms with E-state index < -0.39 is 0 Å². The monoisotopic (exact) mass is 241 g/mol. The highest BCUT2D eigenvalue weighted by Gasteiger charge is 2.30. The molecule has 1 aromatic rings. The van der Waals surface area contributed by atoms with Crippen LogP contribution in [0.3, 0.4) is 0 Å². The molecule has 0 aromatic carbocycles. The quantitative estimate of drug-likeness (QED) is 0.854. The van der Waals surface area contributed by atoms with Crippen LogP contribution in [0.4, 0.5) is 11.9 Å². The zero-order valence-electron chi connectivity index (χ0n) is 9.57. The number of hydrogen-bond donors (Lipinski definition) is 1. The molecular formula is C10H16ClN5. The highest BCUT2D eigenvalue weighted by Crippen LogP contribution is 2.30. The van der Waals surface area contributed by atoms with Gasteiger partial charge in [-0.15, -0.1) is 0 Å². The summed E-state index contributed by atoms with van der Waals surface area (Å²) in [6.45, 7) is 3.12. The second-order valence-corrected chi connectivity index (χ2v) is 4.24. The Balaban J connectivity index is 2.25. The first-order valence-corrected chi connectivity index (χ1v) is 5.98. The summed E-state index contributed by atoms with van der Waals surface area (Å²) < 4.78 is 0. The van der Waals surface area contributed by atoms with Gasteiger partial charge in [0.15, 0.2) is 0 Å². The predicted molar refractivity (Wildman–Crippen MR) is 65.0 cm³/mol. The first-order valence-electron chi connectivity index (χ1n) is 5.60. The van der Waals surface area contributed by atoms with E-state index >= 15 is 0 Å². The molecule has 1 aromatic heterocycles. The van der Waals surface area contributed by atoms with E-state index in [0.717, 1.165) is 13.0 Å². The van der Waals surface area contributed by atoms with Crippen LogP contribution < -0.4 is 10.2 Å². The zero-order valence-corrected chi connectivity index (χ0v) is 10.3. The normalized spacial score (nSPS) is 14.9. The van der Waals surface area contributed by atoms with Crippen LogP contribution in [0.5, 0.6) is 0 Å². The van der Waals surface area contributed by atoms with E-state index in [1.165, 1.54) is 12.8 Å². The van der Waals surface area contributed by atoms with Crippen molar-refractivity contribution in [3.63, 3.8) is 0 Å². The average molecular weight is 242 g/mol. The lowest BCUT2D eigenvalue weighted by atomic mass is 10.4. The van der Waals surface area contributed by atoms with Crippen molar-refractivity contribution in [1.82, 2.24) is 15.0 Å². The van der Waals surface area contributed by atoms with Gasteiger partial charge in [-0.2, -0.15) is 15.0 Å². The lowest BCUT2D eigenvalue weighted by Crippen LogP contribution is -2.28. The van der Waals surface area contributed by atoms with E-state index in [-0.39, 0.29) is 5.28 Å². The number of aromatic nitrogens is 3. The number of rotatable bonds is 5. The van der Waals surface area contributed by atoms with Crippen LogP contribution in [0.25, 0.3) is 0 Å². The van der Waals surface area contributed by atoms with Gasteiger partial charge in [-0.25, -0.2) is 0 Å². The molecule has 0 spiro atoms. The largest absolute Gasteiger partial charge is 0.357 e. The third kappa shape index (κ3) is 2.52. The average Bonchev–Trinajstić information content (AvgIpc) is 3.08. The van der Waals surface area contributed by atoms with Crippen LogP contribution in [-0.2, 0) is 0 Å². The van der Waals surface area contributed by atoms with Crippen molar-refractivity contribution in [2.75, 3.05) is 23.8 Å². The van der Waals surface area contributed by atoms with E-state index in [2.05, 4.69) is 32.1 Å². The van der Waals surface area contributed by atoms with Crippen LogP contribution in [0.1, 0.15) is 26.2 Å². The Hall–Kier alpha value is -1.10. The van der Waals surface area contributed by atoms with Gasteiger partial charge >= 0.3 is 0 Å². The first kappa shape index (κ1) is 11.4. The van der Waals surface area contributed by atoms with Crippen LogP contribution in [0.2, 0.25) is 5.28 Å². The minimum Gasteiger partial charge on any atom is -0.357 e. The molecule has 0 atom stereocenters. The Morgan fingerprint density at radius 2 is 2.12 bits per heavy atom. The van der Waals surface area contributed by atoms with Crippen molar-refractivity contribution in [2.24, 2.45) is 0 Å². The lowest BCUT2D eigenvalue weighted by molar-refractivity contribution is 0.731. The minimum absolute atomic E-state index is 0.246. The summed E-state index contributed by atoms with van der Waals surface area (Å²) >= 11 is 5.87. The van der Waals surface area contributed by atoms with Crippen LogP contribution in [0.15, 0.2) is 0 Å². The fourth-order valence-electron chi connectivity index (χ4n) is 1.65. The molecule has 2 rings (SSSR count).